The molecule has 34 heavy (non-hydrogen) atoms. The second-order valence-corrected chi connectivity index (χ2v) is 10.0. The fraction of sp³-hybridized carbons (Fsp3) is 0.286. The summed E-state index contributed by atoms with van der Waals surface area (Å²) in [5.74, 6) is -1.94. The SMILES string of the molecule is CC(C(=O)NCc1ccc(C(F)(F)F)nc1-c1cscn1)c1ccc(CNS(C)(=O)=O)c(F)c1. The van der Waals surface area contributed by atoms with Gasteiger partial charge < -0.3 is 5.32 Å². The summed E-state index contributed by atoms with van der Waals surface area (Å²) in [6.45, 7) is 1.21. The molecule has 2 aromatic heterocycles. The number of hydrogen-bond acceptors (Lipinski definition) is 6. The highest BCUT2D eigenvalue weighted by Gasteiger charge is 2.33. The Morgan fingerprint density at radius 2 is 1.85 bits per heavy atom. The Balaban J connectivity index is 1.74. The minimum Gasteiger partial charge on any atom is -0.351 e. The van der Waals surface area contributed by atoms with Crippen LogP contribution in [0.15, 0.2) is 41.2 Å². The van der Waals surface area contributed by atoms with Crippen LogP contribution in [0, 0.1) is 5.82 Å². The summed E-state index contributed by atoms with van der Waals surface area (Å²) in [4.78, 5) is 20.4. The maximum Gasteiger partial charge on any atom is 0.433 e. The van der Waals surface area contributed by atoms with Crippen molar-refractivity contribution >= 4 is 27.3 Å². The molecule has 13 heteroatoms. The van der Waals surface area contributed by atoms with Gasteiger partial charge in [-0.1, -0.05) is 18.2 Å². The fourth-order valence-corrected chi connectivity index (χ4v) is 3.97. The van der Waals surface area contributed by atoms with Crippen LogP contribution in [-0.4, -0.2) is 30.5 Å². The first kappa shape index (κ1) is 25.7. The lowest BCUT2D eigenvalue weighted by Crippen LogP contribution is -2.28. The molecular weight excluding hydrogens is 496 g/mol. The van der Waals surface area contributed by atoms with Gasteiger partial charge in [-0.05, 0) is 30.2 Å². The van der Waals surface area contributed by atoms with Crippen LogP contribution in [0.2, 0.25) is 0 Å². The van der Waals surface area contributed by atoms with Crippen molar-refractivity contribution in [2.75, 3.05) is 6.26 Å². The van der Waals surface area contributed by atoms with Crippen LogP contribution in [0.25, 0.3) is 11.4 Å². The number of sulfonamides is 1. The first-order chi connectivity index (χ1) is 15.8. The van der Waals surface area contributed by atoms with Crippen LogP contribution >= 0.6 is 11.3 Å². The van der Waals surface area contributed by atoms with Gasteiger partial charge >= 0.3 is 6.18 Å². The highest BCUT2D eigenvalue weighted by Crippen LogP contribution is 2.31. The molecule has 1 atom stereocenters. The van der Waals surface area contributed by atoms with Crippen molar-refractivity contribution in [3.05, 3.63) is 69.4 Å². The summed E-state index contributed by atoms with van der Waals surface area (Å²) in [6.07, 6.45) is -3.67. The first-order valence-corrected chi connectivity index (χ1v) is 12.6. The van der Waals surface area contributed by atoms with Crippen LogP contribution in [0.4, 0.5) is 17.6 Å². The van der Waals surface area contributed by atoms with Crippen LogP contribution in [0.1, 0.15) is 35.2 Å². The average molecular weight is 517 g/mol. The third kappa shape index (κ3) is 6.58. The number of halogens is 4. The lowest BCUT2D eigenvalue weighted by Gasteiger charge is -2.16. The number of alkyl halides is 3. The Hall–Kier alpha value is -2.90. The second kappa shape index (κ2) is 10.2. The monoisotopic (exact) mass is 516 g/mol. The normalized spacial score (nSPS) is 13.0. The van der Waals surface area contributed by atoms with Gasteiger partial charge in [0.05, 0.1) is 29.1 Å². The minimum absolute atomic E-state index is 0.0119. The first-order valence-electron chi connectivity index (χ1n) is 9.81. The van der Waals surface area contributed by atoms with Crippen molar-refractivity contribution in [1.29, 1.82) is 0 Å². The van der Waals surface area contributed by atoms with Crippen molar-refractivity contribution in [3.63, 3.8) is 0 Å². The summed E-state index contributed by atoms with van der Waals surface area (Å²) in [5, 5.41) is 4.19. The Morgan fingerprint density at radius 1 is 1.15 bits per heavy atom. The third-order valence-corrected chi connectivity index (χ3v) is 6.15. The number of hydrogen-bond donors (Lipinski definition) is 2. The summed E-state index contributed by atoms with van der Waals surface area (Å²) >= 11 is 1.20. The van der Waals surface area contributed by atoms with E-state index < -0.39 is 39.5 Å². The quantitative estimate of drug-likeness (QED) is 0.443. The van der Waals surface area contributed by atoms with E-state index in [0.717, 1.165) is 18.4 Å². The van der Waals surface area contributed by atoms with Crippen LogP contribution in [0.5, 0.6) is 0 Å². The smallest absolute Gasteiger partial charge is 0.351 e. The molecule has 0 spiro atoms. The largest absolute Gasteiger partial charge is 0.433 e. The summed E-state index contributed by atoms with van der Waals surface area (Å²) in [7, 11) is -3.50. The molecule has 0 saturated heterocycles. The number of carbonyl (C=O) groups excluding carboxylic acids is 1. The highest BCUT2D eigenvalue weighted by molar-refractivity contribution is 7.88. The Labute approximate surface area is 197 Å². The zero-order valence-electron chi connectivity index (χ0n) is 18.0. The molecule has 2 heterocycles. The molecule has 3 aromatic rings. The Kier molecular flexibility index (Phi) is 7.68. The fourth-order valence-electron chi connectivity index (χ4n) is 3.01. The standard InChI is InChI=1S/C21H20F4N4O3S2/c1-12(13-3-4-14(16(22)7-13)9-28-34(2,31)32)20(30)26-8-15-5-6-18(21(23,24)25)29-19(15)17-10-33-11-27-17/h3-7,10-12,28H,8-9H2,1-2H3,(H,26,30). The van der Waals surface area contributed by atoms with E-state index in [4.69, 9.17) is 0 Å². The van der Waals surface area contributed by atoms with E-state index in [-0.39, 0.29) is 30.0 Å². The van der Waals surface area contributed by atoms with E-state index in [1.54, 1.807) is 12.3 Å². The summed E-state index contributed by atoms with van der Waals surface area (Å²) < 4.78 is 78.2. The molecular formula is C21H20F4N4O3S2. The van der Waals surface area contributed by atoms with Gasteiger partial charge in [-0.15, -0.1) is 11.3 Å². The van der Waals surface area contributed by atoms with Crippen LogP contribution in [0.3, 0.4) is 0 Å². The molecule has 0 aliphatic carbocycles. The van der Waals surface area contributed by atoms with E-state index in [0.29, 0.717) is 11.1 Å². The van der Waals surface area contributed by atoms with Gasteiger partial charge in [0.2, 0.25) is 15.9 Å². The number of thiazole rings is 1. The van der Waals surface area contributed by atoms with E-state index in [1.807, 2.05) is 0 Å². The number of benzene rings is 1. The summed E-state index contributed by atoms with van der Waals surface area (Å²) in [5.41, 5.74) is 1.47. The second-order valence-electron chi connectivity index (χ2n) is 7.46. The van der Waals surface area contributed by atoms with Gasteiger partial charge in [-0.3, -0.25) is 4.79 Å². The Bertz CT molecular complexity index is 1280. The van der Waals surface area contributed by atoms with Gasteiger partial charge in [0.1, 0.15) is 11.5 Å². The van der Waals surface area contributed by atoms with E-state index in [2.05, 4.69) is 20.0 Å². The van der Waals surface area contributed by atoms with Gasteiger partial charge in [-0.2, -0.15) is 13.2 Å². The Morgan fingerprint density at radius 3 is 2.44 bits per heavy atom. The van der Waals surface area contributed by atoms with E-state index in [1.165, 1.54) is 35.0 Å². The van der Waals surface area contributed by atoms with Crippen molar-refractivity contribution in [3.8, 4) is 11.4 Å². The molecule has 182 valence electrons. The average Bonchev–Trinajstić information content (AvgIpc) is 3.29. The zero-order chi connectivity index (χ0) is 25.1. The molecule has 0 saturated carbocycles. The summed E-state index contributed by atoms with van der Waals surface area (Å²) in [6, 6.07) is 6.10. The maximum atomic E-state index is 14.4. The van der Waals surface area contributed by atoms with Crippen LogP contribution < -0.4 is 10.0 Å². The molecule has 0 fully saturated rings. The van der Waals surface area contributed by atoms with E-state index in [9.17, 15) is 30.8 Å². The molecule has 0 bridgehead atoms. The van der Waals surface area contributed by atoms with Gasteiger partial charge in [0.25, 0.3) is 0 Å². The molecule has 2 N–H and O–H groups in total. The van der Waals surface area contributed by atoms with E-state index >= 15 is 0 Å². The number of rotatable bonds is 8. The molecule has 3 rings (SSSR count). The van der Waals surface area contributed by atoms with Gasteiger partial charge in [-0.25, -0.2) is 27.5 Å². The number of nitrogens with zero attached hydrogens (tertiary/aromatic N) is 2. The molecule has 1 aromatic carbocycles. The lowest BCUT2D eigenvalue weighted by atomic mass is 9.98. The van der Waals surface area contributed by atoms with Crippen molar-refractivity contribution in [2.24, 2.45) is 0 Å². The molecule has 0 radical (unpaired) electrons. The molecule has 7 nitrogen and oxygen atoms in total. The number of pyridine rings is 1. The number of nitrogens with one attached hydrogen (secondary N) is 2. The zero-order valence-corrected chi connectivity index (χ0v) is 19.6. The molecule has 0 aliphatic rings. The predicted molar refractivity (Wildman–Crippen MR) is 119 cm³/mol. The maximum absolute atomic E-state index is 14.4. The minimum atomic E-state index is -4.63. The van der Waals surface area contributed by atoms with Crippen molar-refractivity contribution in [1.82, 2.24) is 20.0 Å². The van der Waals surface area contributed by atoms with Crippen molar-refractivity contribution in [2.45, 2.75) is 32.1 Å². The predicted octanol–water partition coefficient (Wildman–Crippen LogP) is 3.83. The molecule has 1 amide bonds. The topological polar surface area (TPSA) is 101 Å². The molecule has 0 aliphatic heterocycles. The molecule has 1 unspecified atom stereocenters. The highest BCUT2D eigenvalue weighted by atomic mass is 32.2. The lowest BCUT2D eigenvalue weighted by molar-refractivity contribution is -0.141. The number of amides is 1. The number of aromatic nitrogens is 2. The van der Waals surface area contributed by atoms with Crippen LogP contribution in [-0.2, 0) is 34.1 Å². The number of carbonyl (C=O) groups is 1. The van der Waals surface area contributed by atoms with Crippen molar-refractivity contribution < 1.29 is 30.8 Å². The third-order valence-electron chi connectivity index (χ3n) is 4.89. The van der Waals surface area contributed by atoms with Gasteiger partial charge in [0, 0.05) is 24.0 Å². The van der Waals surface area contributed by atoms with Gasteiger partial charge in [0.15, 0.2) is 0 Å².